The quantitative estimate of drug-likeness (QED) is 0.187. The van der Waals surface area contributed by atoms with E-state index in [0.29, 0.717) is 11.5 Å². The molecule has 5 aromatic carbocycles. The highest BCUT2D eigenvalue weighted by Crippen LogP contribution is 2.40. The Morgan fingerprint density at radius 2 is 1.48 bits per heavy atom. The first-order valence-electron chi connectivity index (χ1n) is 15.2. The molecule has 1 aromatic heterocycles. The van der Waals surface area contributed by atoms with E-state index in [1.165, 1.54) is 16.7 Å². The third-order valence-electron chi connectivity index (χ3n) is 7.87. The highest BCUT2D eigenvalue weighted by Gasteiger charge is 2.16. The van der Waals surface area contributed by atoms with Crippen molar-refractivity contribution in [3.05, 3.63) is 126 Å². The molecule has 0 atom stereocenters. The Kier molecular flexibility index (Phi) is 8.20. The Morgan fingerprint density at radius 1 is 0.773 bits per heavy atom. The largest absolute Gasteiger partial charge is 0.507 e. The number of para-hydroxylation sites is 2. The lowest BCUT2D eigenvalue weighted by atomic mass is 9.86. The van der Waals surface area contributed by atoms with E-state index in [9.17, 15) is 5.11 Å². The second kappa shape index (κ2) is 12.2. The van der Waals surface area contributed by atoms with Gasteiger partial charge in [-0.05, 0) is 82.0 Å². The fourth-order valence-electron chi connectivity index (χ4n) is 5.54. The average Bonchev–Trinajstić information content (AvgIpc) is 3.45. The van der Waals surface area contributed by atoms with Crippen LogP contribution in [0.15, 0.2) is 114 Å². The first kappa shape index (κ1) is 29.5. The van der Waals surface area contributed by atoms with Gasteiger partial charge in [0, 0.05) is 22.9 Å². The summed E-state index contributed by atoms with van der Waals surface area (Å²) in [7, 11) is 0. The number of aromatic nitrogens is 1. The Balaban J connectivity index is 1.36. The molecule has 0 fully saturated rings. The second-order valence-electron chi connectivity index (χ2n) is 12.8. The molecule has 0 unspecified atom stereocenters. The fourth-order valence-corrected chi connectivity index (χ4v) is 6.57. The van der Waals surface area contributed by atoms with Gasteiger partial charge in [0.05, 0.1) is 15.9 Å². The summed E-state index contributed by atoms with van der Waals surface area (Å²) >= 11 is 1.68. The van der Waals surface area contributed by atoms with Crippen LogP contribution in [0.5, 0.6) is 5.75 Å². The standard InChI is InChI=1S/C40H38N2OS/c1-26(2)21-27-11-8-12-28(22-27)29-13-9-14-30(23-29)33-16-10-18-37-38(33)42-39(44-37)34-15-6-7-17-35(34)41-25-31-24-32(40(3,4)5)19-20-36(31)43/h6-20,22-26,43H,21H2,1-5H3. The van der Waals surface area contributed by atoms with Crippen molar-refractivity contribution in [1.29, 1.82) is 0 Å². The molecule has 0 aliphatic heterocycles. The van der Waals surface area contributed by atoms with Gasteiger partial charge in [0.15, 0.2) is 0 Å². The van der Waals surface area contributed by atoms with Gasteiger partial charge in [-0.1, -0.05) is 107 Å². The zero-order valence-corrected chi connectivity index (χ0v) is 26.8. The molecular formula is C40H38N2OS. The van der Waals surface area contributed by atoms with Crippen LogP contribution in [-0.4, -0.2) is 16.3 Å². The monoisotopic (exact) mass is 594 g/mol. The third kappa shape index (κ3) is 6.36. The van der Waals surface area contributed by atoms with Crippen LogP contribution in [0.3, 0.4) is 0 Å². The maximum atomic E-state index is 10.5. The minimum Gasteiger partial charge on any atom is -0.507 e. The number of thiazole rings is 1. The van der Waals surface area contributed by atoms with Crippen LogP contribution in [0.25, 0.3) is 43.0 Å². The van der Waals surface area contributed by atoms with Crippen molar-refractivity contribution in [2.45, 2.75) is 46.5 Å². The Bertz CT molecular complexity index is 1980. The molecule has 0 amide bonds. The average molecular weight is 595 g/mol. The number of fused-ring (bicyclic) bond motifs is 1. The van der Waals surface area contributed by atoms with E-state index in [0.717, 1.165) is 49.6 Å². The van der Waals surface area contributed by atoms with E-state index in [-0.39, 0.29) is 11.2 Å². The summed E-state index contributed by atoms with van der Waals surface area (Å²) in [5.74, 6) is 0.841. The van der Waals surface area contributed by atoms with Crippen LogP contribution >= 0.6 is 11.3 Å². The molecule has 0 spiro atoms. The molecule has 0 aliphatic rings. The lowest BCUT2D eigenvalue weighted by Gasteiger charge is -2.19. The van der Waals surface area contributed by atoms with Crippen LogP contribution in [-0.2, 0) is 11.8 Å². The molecule has 4 heteroatoms. The van der Waals surface area contributed by atoms with Crippen molar-refractivity contribution in [3.63, 3.8) is 0 Å². The van der Waals surface area contributed by atoms with Crippen molar-refractivity contribution < 1.29 is 5.11 Å². The highest BCUT2D eigenvalue weighted by atomic mass is 32.1. The Morgan fingerprint density at radius 3 is 2.27 bits per heavy atom. The molecule has 0 saturated carbocycles. The SMILES string of the molecule is CC(C)Cc1cccc(-c2cccc(-c3cccc4sc(-c5ccccc5N=Cc5cc(C(C)(C)C)ccc5O)nc34)c2)c1. The minimum atomic E-state index is -0.0236. The Hall–Kier alpha value is -4.54. The summed E-state index contributed by atoms with van der Waals surface area (Å²) in [5, 5.41) is 11.5. The van der Waals surface area contributed by atoms with Gasteiger partial charge in [0.2, 0.25) is 0 Å². The molecule has 44 heavy (non-hydrogen) atoms. The van der Waals surface area contributed by atoms with E-state index in [1.54, 1.807) is 23.6 Å². The van der Waals surface area contributed by atoms with Crippen molar-refractivity contribution in [1.82, 2.24) is 4.98 Å². The van der Waals surface area contributed by atoms with E-state index < -0.39 is 0 Å². The summed E-state index contributed by atoms with van der Waals surface area (Å²) in [4.78, 5) is 10.0. The lowest BCUT2D eigenvalue weighted by Crippen LogP contribution is -2.11. The number of hydrogen-bond acceptors (Lipinski definition) is 4. The van der Waals surface area contributed by atoms with Crippen molar-refractivity contribution >= 4 is 33.5 Å². The molecule has 6 aromatic rings. The second-order valence-corrected chi connectivity index (χ2v) is 13.9. The van der Waals surface area contributed by atoms with Gasteiger partial charge in [-0.15, -0.1) is 11.3 Å². The number of rotatable bonds is 7. The number of phenols is 1. The van der Waals surface area contributed by atoms with E-state index in [1.807, 2.05) is 30.3 Å². The summed E-state index contributed by atoms with van der Waals surface area (Å²) in [6.45, 7) is 11.0. The van der Waals surface area contributed by atoms with Gasteiger partial charge >= 0.3 is 0 Å². The Labute approximate surface area is 264 Å². The van der Waals surface area contributed by atoms with E-state index in [4.69, 9.17) is 9.98 Å². The number of nitrogens with zero attached hydrogens (tertiary/aromatic N) is 2. The molecule has 0 aliphatic carbocycles. The molecule has 0 saturated heterocycles. The zero-order valence-electron chi connectivity index (χ0n) is 26.0. The summed E-state index contributed by atoms with van der Waals surface area (Å²) in [5.41, 5.74) is 10.7. The molecule has 1 heterocycles. The molecular weight excluding hydrogens is 557 g/mol. The number of aliphatic imine (C=N–C) groups is 1. The molecule has 0 radical (unpaired) electrons. The minimum absolute atomic E-state index is 0.0236. The van der Waals surface area contributed by atoms with Crippen LogP contribution in [0.2, 0.25) is 0 Å². The fraction of sp³-hybridized carbons (Fsp3) is 0.200. The normalized spacial score (nSPS) is 12.0. The van der Waals surface area contributed by atoms with Gasteiger partial charge < -0.3 is 5.11 Å². The lowest BCUT2D eigenvalue weighted by molar-refractivity contribution is 0.473. The van der Waals surface area contributed by atoms with Gasteiger partial charge in [-0.3, -0.25) is 4.99 Å². The van der Waals surface area contributed by atoms with Crippen molar-refractivity contribution in [2.75, 3.05) is 0 Å². The molecule has 6 rings (SSSR count). The first-order valence-corrected chi connectivity index (χ1v) is 16.0. The topological polar surface area (TPSA) is 45.5 Å². The van der Waals surface area contributed by atoms with Crippen molar-refractivity contribution in [2.24, 2.45) is 10.9 Å². The molecule has 3 nitrogen and oxygen atoms in total. The molecule has 220 valence electrons. The number of benzene rings is 5. The van der Waals surface area contributed by atoms with E-state index in [2.05, 4.69) is 107 Å². The van der Waals surface area contributed by atoms with Gasteiger partial charge in [0.25, 0.3) is 0 Å². The maximum Gasteiger partial charge on any atom is 0.126 e. The van der Waals surface area contributed by atoms with Crippen molar-refractivity contribution in [3.8, 4) is 38.6 Å². The molecule has 1 N–H and O–H groups in total. The summed E-state index contributed by atoms with van der Waals surface area (Å²) < 4.78 is 1.14. The number of hydrogen-bond donors (Lipinski definition) is 1. The predicted octanol–water partition coefficient (Wildman–Crippen LogP) is 11.2. The maximum absolute atomic E-state index is 10.5. The zero-order chi connectivity index (χ0) is 30.8. The number of phenolic OH excluding ortho intramolecular Hbond substituents is 1. The first-order chi connectivity index (χ1) is 21.2. The van der Waals surface area contributed by atoms with Gasteiger partial charge in [-0.2, -0.15) is 0 Å². The third-order valence-corrected chi connectivity index (χ3v) is 8.92. The number of aromatic hydroxyl groups is 1. The smallest absolute Gasteiger partial charge is 0.126 e. The van der Waals surface area contributed by atoms with Crippen LogP contribution in [0.4, 0.5) is 5.69 Å². The van der Waals surface area contributed by atoms with Gasteiger partial charge in [-0.25, -0.2) is 4.98 Å². The summed E-state index contributed by atoms with van der Waals surface area (Å²) in [6.07, 6.45) is 2.83. The molecule has 0 bridgehead atoms. The summed E-state index contributed by atoms with van der Waals surface area (Å²) in [6, 6.07) is 37.9. The van der Waals surface area contributed by atoms with Gasteiger partial charge in [0.1, 0.15) is 10.8 Å². The van der Waals surface area contributed by atoms with Crippen LogP contribution < -0.4 is 0 Å². The van der Waals surface area contributed by atoms with E-state index >= 15 is 0 Å². The van der Waals surface area contributed by atoms with Crippen LogP contribution in [0.1, 0.15) is 51.3 Å². The predicted molar refractivity (Wildman–Crippen MR) is 189 cm³/mol. The highest BCUT2D eigenvalue weighted by molar-refractivity contribution is 7.21. The van der Waals surface area contributed by atoms with Crippen LogP contribution in [0, 0.1) is 5.92 Å².